The quantitative estimate of drug-likeness (QED) is 0.711. The van der Waals surface area contributed by atoms with E-state index in [1.165, 1.54) is 21.5 Å². The maximum Gasteiger partial charge on any atom is 0.262 e. The van der Waals surface area contributed by atoms with Gasteiger partial charge in [-0.05, 0) is 44.4 Å². The molecule has 0 radical (unpaired) electrons. The maximum atomic E-state index is 12.9. The fourth-order valence-electron chi connectivity index (χ4n) is 3.44. The molecule has 0 saturated heterocycles. The van der Waals surface area contributed by atoms with Gasteiger partial charge in [0.05, 0.1) is 5.39 Å². The molecule has 0 unspecified atom stereocenters. The number of carbonyl (C=O) groups excluding carboxylic acids is 1. The van der Waals surface area contributed by atoms with Crippen molar-refractivity contribution in [2.24, 2.45) is 0 Å². The predicted molar refractivity (Wildman–Crippen MR) is 100 cm³/mol. The smallest absolute Gasteiger partial charge is 0.262 e. The van der Waals surface area contributed by atoms with Crippen molar-refractivity contribution in [3.05, 3.63) is 57.0 Å². The van der Waals surface area contributed by atoms with Gasteiger partial charge >= 0.3 is 0 Å². The van der Waals surface area contributed by atoms with Gasteiger partial charge in [0, 0.05) is 17.1 Å². The van der Waals surface area contributed by atoms with Crippen LogP contribution in [0.15, 0.2) is 35.1 Å². The molecule has 3 heterocycles. The number of rotatable bonds is 2. The molecule has 0 spiro atoms. The number of benzene rings is 1. The van der Waals surface area contributed by atoms with Crippen LogP contribution in [0.3, 0.4) is 0 Å². The van der Waals surface area contributed by atoms with E-state index in [0.717, 1.165) is 28.2 Å². The van der Waals surface area contributed by atoms with Gasteiger partial charge in [-0.1, -0.05) is 18.2 Å². The van der Waals surface area contributed by atoms with Gasteiger partial charge in [0.25, 0.3) is 5.56 Å². The Kier molecular flexibility index (Phi) is 3.92. The number of amides is 1. The summed E-state index contributed by atoms with van der Waals surface area (Å²) in [6.07, 6.45) is 1.93. The molecule has 0 N–H and O–H groups in total. The first kappa shape index (κ1) is 16.0. The molecule has 5 nitrogen and oxygen atoms in total. The fraction of sp³-hybridized carbons (Fsp3) is 0.316. The Labute approximate surface area is 149 Å². The van der Waals surface area contributed by atoms with Crippen molar-refractivity contribution in [2.45, 2.75) is 33.2 Å². The number of nitrogens with zero attached hydrogens (tertiary/aromatic N) is 3. The van der Waals surface area contributed by atoms with E-state index in [-0.39, 0.29) is 18.0 Å². The van der Waals surface area contributed by atoms with E-state index in [1.807, 2.05) is 31.2 Å². The van der Waals surface area contributed by atoms with Crippen molar-refractivity contribution in [3.63, 3.8) is 0 Å². The summed E-state index contributed by atoms with van der Waals surface area (Å²) in [5.41, 5.74) is 2.02. The van der Waals surface area contributed by atoms with Gasteiger partial charge in [-0.15, -0.1) is 11.3 Å². The Morgan fingerprint density at radius 2 is 2.08 bits per heavy atom. The van der Waals surface area contributed by atoms with Gasteiger partial charge in [-0.3, -0.25) is 14.2 Å². The molecule has 3 aromatic rings. The summed E-state index contributed by atoms with van der Waals surface area (Å²) in [6, 6.07) is 9.84. The van der Waals surface area contributed by atoms with E-state index in [1.54, 1.807) is 11.8 Å². The second-order valence-corrected chi connectivity index (χ2v) is 7.64. The molecule has 0 saturated carbocycles. The number of carbonyl (C=O) groups is 1. The lowest BCUT2D eigenvalue weighted by Crippen LogP contribution is -2.40. The summed E-state index contributed by atoms with van der Waals surface area (Å²) in [5, 5.41) is 0.597. The first-order valence-electron chi connectivity index (χ1n) is 8.40. The summed E-state index contributed by atoms with van der Waals surface area (Å²) in [7, 11) is 0. The monoisotopic (exact) mass is 353 g/mol. The Bertz CT molecular complexity index is 1030. The average Bonchev–Trinajstić information content (AvgIpc) is 2.98. The summed E-state index contributed by atoms with van der Waals surface area (Å²) < 4.78 is 1.49. The van der Waals surface area contributed by atoms with Crippen molar-refractivity contribution in [1.29, 1.82) is 0 Å². The highest BCUT2D eigenvalue weighted by Gasteiger charge is 2.23. The van der Waals surface area contributed by atoms with Crippen LogP contribution in [-0.4, -0.2) is 22.0 Å². The molecule has 1 aromatic carbocycles. The van der Waals surface area contributed by atoms with E-state index >= 15 is 0 Å². The van der Waals surface area contributed by atoms with Crippen LogP contribution in [0.25, 0.3) is 10.2 Å². The van der Waals surface area contributed by atoms with Gasteiger partial charge in [0.1, 0.15) is 17.2 Å². The molecule has 1 aliphatic heterocycles. The third-order valence-electron chi connectivity index (χ3n) is 4.67. The van der Waals surface area contributed by atoms with Crippen LogP contribution in [0.1, 0.15) is 22.7 Å². The van der Waals surface area contributed by atoms with Crippen molar-refractivity contribution < 1.29 is 4.79 Å². The Balaban J connectivity index is 1.70. The Morgan fingerprint density at radius 3 is 2.92 bits per heavy atom. The standard InChI is InChI=1S/C19H19N3O2S/c1-12-10-15-18(25-12)20-13(2)22(19(15)24)11-17(23)21-9-5-7-14-6-3-4-8-16(14)21/h3-4,6,8,10H,5,7,9,11H2,1-2H3. The summed E-state index contributed by atoms with van der Waals surface area (Å²) >= 11 is 1.51. The summed E-state index contributed by atoms with van der Waals surface area (Å²) in [6.45, 7) is 4.46. The molecule has 1 amide bonds. The summed E-state index contributed by atoms with van der Waals surface area (Å²) in [4.78, 5) is 33.8. The number of anilines is 1. The highest BCUT2D eigenvalue weighted by atomic mass is 32.1. The van der Waals surface area contributed by atoms with Gasteiger partial charge < -0.3 is 4.90 Å². The number of thiophene rings is 1. The highest BCUT2D eigenvalue weighted by Crippen LogP contribution is 2.27. The minimum Gasteiger partial charge on any atom is -0.311 e. The molecular formula is C19H19N3O2S. The van der Waals surface area contributed by atoms with E-state index in [9.17, 15) is 9.59 Å². The zero-order valence-corrected chi connectivity index (χ0v) is 15.1. The normalized spacial score (nSPS) is 13.9. The SMILES string of the molecule is Cc1cc2c(=O)n(CC(=O)N3CCCc4ccccc43)c(C)nc2s1. The van der Waals surface area contributed by atoms with Crippen LogP contribution in [-0.2, 0) is 17.8 Å². The topological polar surface area (TPSA) is 55.2 Å². The molecule has 0 bridgehead atoms. The number of para-hydroxylation sites is 1. The molecule has 25 heavy (non-hydrogen) atoms. The van der Waals surface area contributed by atoms with Crippen molar-refractivity contribution >= 4 is 33.1 Å². The number of aryl methyl sites for hydroxylation is 3. The van der Waals surface area contributed by atoms with E-state index < -0.39 is 0 Å². The lowest BCUT2D eigenvalue weighted by atomic mass is 10.0. The number of hydrogen-bond acceptors (Lipinski definition) is 4. The predicted octanol–water partition coefficient (Wildman–Crippen LogP) is 3.05. The molecule has 6 heteroatoms. The molecule has 0 atom stereocenters. The lowest BCUT2D eigenvalue weighted by molar-refractivity contribution is -0.119. The van der Waals surface area contributed by atoms with Crippen molar-refractivity contribution in [1.82, 2.24) is 9.55 Å². The largest absolute Gasteiger partial charge is 0.311 e. The maximum absolute atomic E-state index is 12.9. The van der Waals surface area contributed by atoms with Gasteiger partial charge in [0.15, 0.2) is 0 Å². The number of hydrogen-bond donors (Lipinski definition) is 0. The highest BCUT2D eigenvalue weighted by molar-refractivity contribution is 7.18. The Morgan fingerprint density at radius 1 is 1.28 bits per heavy atom. The molecular weight excluding hydrogens is 334 g/mol. The molecule has 2 aromatic heterocycles. The fourth-order valence-corrected chi connectivity index (χ4v) is 4.35. The first-order valence-corrected chi connectivity index (χ1v) is 9.22. The van der Waals surface area contributed by atoms with E-state index in [0.29, 0.717) is 17.8 Å². The van der Waals surface area contributed by atoms with Gasteiger partial charge in [-0.2, -0.15) is 0 Å². The third kappa shape index (κ3) is 2.76. The zero-order chi connectivity index (χ0) is 17.6. The minimum atomic E-state index is -0.134. The van der Waals surface area contributed by atoms with Crippen LogP contribution >= 0.6 is 11.3 Å². The van der Waals surface area contributed by atoms with Gasteiger partial charge in [-0.25, -0.2) is 4.98 Å². The molecule has 128 valence electrons. The average molecular weight is 353 g/mol. The van der Waals surface area contributed by atoms with Crippen LogP contribution in [0, 0.1) is 13.8 Å². The zero-order valence-electron chi connectivity index (χ0n) is 14.3. The molecule has 1 aliphatic rings. The number of fused-ring (bicyclic) bond motifs is 2. The van der Waals surface area contributed by atoms with Crippen LogP contribution in [0.5, 0.6) is 0 Å². The second kappa shape index (κ2) is 6.11. The number of aromatic nitrogens is 2. The molecule has 4 rings (SSSR count). The summed E-state index contributed by atoms with van der Waals surface area (Å²) in [5.74, 6) is 0.517. The first-order chi connectivity index (χ1) is 12.0. The molecule has 0 fully saturated rings. The van der Waals surface area contributed by atoms with Crippen molar-refractivity contribution in [3.8, 4) is 0 Å². The third-order valence-corrected chi connectivity index (χ3v) is 5.61. The van der Waals surface area contributed by atoms with Crippen LogP contribution in [0.4, 0.5) is 5.69 Å². The van der Waals surface area contributed by atoms with E-state index in [4.69, 9.17) is 0 Å². The lowest BCUT2D eigenvalue weighted by Gasteiger charge is -2.29. The minimum absolute atomic E-state index is 0.0246. The van der Waals surface area contributed by atoms with Crippen molar-refractivity contribution in [2.75, 3.05) is 11.4 Å². The second-order valence-electron chi connectivity index (χ2n) is 6.40. The van der Waals surface area contributed by atoms with Crippen LogP contribution < -0.4 is 10.5 Å². The van der Waals surface area contributed by atoms with Gasteiger partial charge in [0.2, 0.25) is 5.91 Å². The Hall–Kier alpha value is -2.47. The van der Waals surface area contributed by atoms with Crippen LogP contribution in [0.2, 0.25) is 0 Å². The molecule has 0 aliphatic carbocycles. The van der Waals surface area contributed by atoms with E-state index in [2.05, 4.69) is 11.1 Å².